The third kappa shape index (κ3) is 1.97. The molecule has 1 N–H and O–H groups in total. The van der Waals surface area contributed by atoms with Crippen molar-refractivity contribution in [3.63, 3.8) is 0 Å². The Morgan fingerprint density at radius 3 is 2.21 bits per heavy atom. The number of H-pyrrole nitrogens is 1. The van der Waals surface area contributed by atoms with Crippen LogP contribution in [0, 0.1) is 0 Å². The summed E-state index contributed by atoms with van der Waals surface area (Å²) in [4.78, 5) is 13.7. The number of aromatic amines is 1. The summed E-state index contributed by atoms with van der Waals surface area (Å²) >= 11 is 0. The minimum Gasteiger partial charge on any atom is -0.352 e. The second kappa shape index (κ2) is 3.85. The highest BCUT2D eigenvalue weighted by Crippen LogP contribution is 2.26. The molecule has 0 aliphatic carbocycles. The highest BCUT2D eigenvalue weighted by molar-refractivity contribution is 6.05. The van der Waals surface area contributed by atoms with Crippen molar-refractivity contribution >= 4 is 27.5 Å². The summed E-state index contributed by atoms with van der Waals surface area (Å²) in [7, 11) is 0. The van der Waals surface area contributed by atoms with Crippen molar-refractivity contribution in [1.82, 2.24) is 4.98 Å². The van der Waals surface area contributed by atoms with E-state index in [2.05, 4.69) is 4.98 Å². The monoisotopic (exact) mass is 263 g/mol. The van der Waals surface area contributed by atoms with Crippen LogP contribution in [0.3, 0.4) is 0 Å². The highest BCUT2D eigenvalue weighted by Gasteiger charge is 2.40. The van der Waals surface area contributed by atoms with E-state index >= 15 is 0 Å². The molecule has 3 rings (SSSR count). The molecule has 0 saturated carbocycles. The molecule has 0 unspecified atom stereocenters. The van der Waals surface area contributed by atoms with Gasteiger partial charge in [-0.05, 0) is 29.0 Å². The van der Waals surface area contributed by atoms with Crippen molar-refractivity contribution < 1.29 is 18.0 Å². The average molecular weight is 263 g/mol. The molecule has 0 fully saturated rings. The van der Waals surface area contributed by atoms with E-state index < -0.39 is 17.7 Å². The first-order valence-corrected chi connectivity index (χ1v) is 5.58. The molecule has 0 aliphatic heterocycles. The number of halogens is 3. The summed E-state index contributed by atoms with van der Waals surface area (Å²) in [6, 6.07) is 12.2. The van der Waals surface area contributed by atoms with Crippen molar-refractivity contribution in [2.24, 2.45) is 0 Å². The van der Waals surface area contributed by atoms with Crippen LogP contribution in [-0.2, 0) is 0 Å². The minimum atomic E-state index is -4.86. The van der Waals surface area contributed by atoms with Crippen LogP contribution < -0.4 is 0 Å². The minimum absolute atomic E-state index is 0.433. The number of carbonyl (C=O) groups is 1. The Hall–Kier alpha value is -2.30. The number of rotatable bonds is 1. The molecule has 2 nitrogen and oxygen atoms in total. The van der Waals surface area contributed by atoms with Crippen molar-refractivity contribution in [2.75, 3.05) is 0 Å². The second-order valence-electron chi connectivity index (χ2n) is 4.30. The van der Waals surface area contributed by atoms with Crippen LogP contribution in [0.25, 0.3) is 21.7 Å². The Labute approximate surface area is 105 Å². The van der Waals surface area contributed by atoms with Gasteiger partial charge in [0.2, 0.25) is 0 Å². The number of ketones is 1. The zero-order chi connectivity index (χ0) is 13.6. The normalized spacial score (nSPS) is 12.2. The molecule has 0 aliphatic rings. The molecule has 0 bridgehead atoms. The Morgan fingerprint density at radius 1 is 0.947 bits per heavy atom. The van der Waals surface area contributed by atoms with E-state index in [4.69, 9.17) is 0 Å². The molecule has 0 saturated heterocycles. The number of Topliss-reactive ketones (excluding diaryl/α,β-unsaturated/α-hetero) is 1. The maximum Gasteiger partial charge on any atom is 0.456 e. The lowest BCUT2D eigenvalue weighted by Gasteiger charge is -2.01. The molecule has 96 valence electrons. The van der Waals surface area contributed by atoms with Crippen LogP contribution in [-0.4, -0.2) is 16.9 Å². The first kappa shape index (κ1) is 11.8. The van der Waals surface area contributed by atoms with Crippen LogP contribution in [0.15, 0.2) is 42.5 Å². The zero-order valence-corrected chi connectivity index (χ0v) is 9.58. The smallest absolute Gasteiger partial charge is 0.352 e. The molecule has 0 amide bonds. The summed E-state index contributed by atoms with van der Waals surface area (Å²) in [5.41, 5.74) is 0.0871. The van der Waals surface area contributed by atoms with Gasteiger partial charge in [-0.15, -0.1) is 0 Å². The number of alkyl halides is 3. The number of aromatic nitrogens is 1. The zero-order valence-electron chi connectivity index (χ0n) is 9.58. The molecule has 19 heavy (non-hydrogen) atoms. The van der Waals surface area contributed by atoms with Gasteiger partial charge >= 0.3 is 6.18 Å². The van der Waals surface area contributed by atoms with E-state index in [0.717, 1.165) is 10.8 Å². The molecule has 1 aromatic heterocycles. The maximum atomic E-state index is 12.4. The van der Waals surface area contributed by atoms with E-state index in [1.54, 1.807) is 12.1 Å². The summed E-state index contributed by atoms with van der Waals surface area (Å²) < 4.78 is 37.1. The summed E-state index contributed by atoms with van der Waals surface area (Å²) in [6.45, 7) is 0. The number of hydrogen-bond acceptors (Lipinski definition) is 1. The fraction of sp³-hybridized carbons (Fsp3) is 0.0714. The van der Waals surface area contributed by atoms with Gasteiger partial charge in [-0.2, -0.15) is 13.2 Å². The Bertz CT molecular complexity index is 734. The topological polar surface area (TPSA) is 32.9 Å². The molecule has 3 aromatic rings. The van der Waals surface area contributed by atoms with Crippen molar-refractivity contribution in [3.05, 3.63) is 48.2 Å². The fourth-order valence-corrected chi connectivity index (χ4v) is 2.10. The Morgan fingerprint density at radius 2 is 1.58 bits per heavy atom. The fourth-order valence-electron chi connectivity index (χ4n) is 2.10. The van der Waals surface area contributed by atoms with Crippen molar-refractivity contribution in [2.45, 2.75) is 6.18 Å². The SMILES string of the molecule is O=C(c1cc2cc3ccccc3cc2[nH]1)C(F)(F)F. The van der Waals surface area contributed by atoms with Crippen molar-refractivity contribution in [3.8, 4) is 0 Å². The predicted molar refractivity (Wildman–Crippen MR) is 66.2 cm³/mol. The number of fused-ring (bicyclic) bond motifs is 2. The molecule has 0 spiro atoms. The second-order valence-corrected chi connectivity index (χ2v) is 4.30. The number of nitrogens with one attached hydrogen (secondary N) is 1. The number of carbonyl (C=O) groups excluding carboxylic acids is 1. The van der Waals surface area contributed by atoms with Gasteiger partial charge in [0.1, 0.15) is 0 Å². The maximum absolute atomic E-state index is 12.4. The molecule has 0 atom stereocenters. The third-order valence-electron chi connectivity index (χ3n) is 2.99. The third-order valence-corrected chi connectivity index (χ3v) is 2.99. The first-order chi connectivity index (χ1) is 8.95. The Kier molecular flexibility index (Phi) is 2.38. The highest BCUT2D eigenvalue weighted by atomic mass is 19.4. The van der Waals surface area contributed by atoms with E-state index in [1.165, 1.54) is 6.07 Å². The molecule has 5 heteroatoms. The lowest BCUT2D eigenvalue weighted by atomic mass is 10.1. The standard InChI is InChI=1S/C14H8F3NO/c15-14(16,17)13(19)12-7-10-5-8-3-1-2-4-9(8)6-11(10)18-12/h1-7,18H. The molecule has 1 heterocycles. The number of benzene rings is 2. The van der Waals surface area contributed by atoms with Gasteiger partial charge in [0.15, 0.2) is 0 Å². The van der Waals surface area contributed by atoms with Crippen LogP contribution in [0.2, 0.25) is 0 Å². The lowest BCUT2D eigenvalue weighted by molar-refractivity contribution is -0.0887. The molecular formula is C14H8F3NO. The van der Waals surface area contributed by atoms with Crippen LogP contribution in [0.5, 0.6) is 0 Å². The van der Waals surface area contributed by atoms with Gasteiger partial charge in [-0.25, -0.2) is 0 Å². The summed E-state index contributed by atoms with van der Waals surface area (Å²) in [6.07, 6.45) is -4.86. The van der Waals surface area contributed by atoms with E-state index in [9.17, 15) is 18.0 Å². The van der Waals surface area contributed by atoms with E-state index in [1.807, 2.05) is 24.3 Å². The van der Waals surface area contributed by atoms with Crippen LogP contribution in [0.4, 0.5) is 13.2 Å². The average Bonchev–Trinajstić information content (AvgIpc) is 2.76. The van der Waals surface area contributed by atoms with Crippen LogP contribution >= 0.6 is 0 Å². The van der Waals surface area contributed by atoms with Crippen molar-refractivity contribution in [1.29, 1.82) is 0 Å². The quantitative estimate of drug-likeness (QED) is 0.660. The molecule has 0 radical (unpaired) electrons. The van der Waals surface area contributed by atoms with Gasteiger partial charge < -0.3 is 4.98 Å². The van der Waals surface area contributed by atoms with Gasteiger partial charge in [0, 0.05) is 10.9 Å². The van der Waals surface area contributed by atoms with E-state index in [-0.39, 0.29) is 0 Å². The number of hydrogen-bond donors (Lipinski definition) is 1. The van der Waals surface area contributed by atoms with E-state index in [0.29, 0.717) is 10.9 Å². The first-order valence-electron chi connectivity index (χ1n) is 5.58. The van der Waals surface area contributed by atoms with Gasteiger partial charge in [-0.1, -0.05) is 24.3 Å². The van der Waals surface area contributed by atoms with Gasteiger partial charge in [0.05, 0.1) is 5.69 Å². The summed E-state index contributed by atoms with van der Waals surface area (Å²) in [5, 5.41) is 2.41. The van der Waals surface area contributed by atoms with Gasteiger partial charge in [0.25, 0.3) is 5.78 Å². The van der Waals surface area contributed by atoms with Crippen LogP contribution in [0.1, 0.15) is 10.5 Å². The Balaban J connectivity index is 2.20. The molecular weight excluding hydrogens is 255 g/mol. The molecule has 2 aromatic carbocycles. The van der Waals surface area contributed by atoms with Gasteiger partial charge in [-0.3, -0.25) is 4.79 Å². The largest absolute Gasteiger partial charge is 0.456 e. The summed E-state index contributed by atoms with van der Waals surface area (Å²) in [5.74, 6) is -1.85. The predicted octanol–water partition coefficient (Wildman–Crippen LogP) is 4.07. The lowest BCUT2D eigenvalue weighted by Crippen LogP contribution is -2.22.